The van der Waals surface area contributed by atoms with E-state index in [4.69, 9.17) is 19.9 Å². The number of aliphatic hydroxyl groups is 1. The molecule has 1 aromatic heterocycles. The second kappa shape index (κ2) is 13.7. The third kappa shape index (κ3) is 7.96. The fourth-order valence-corrected chi connectivity index (χ4v) is 3.61. The van der Waals surface area contributed by atoms with E-state index in [1.807, 2.05) is 0 Å². The van der Waals surface area contributed by atoms with Gasteiger partial charge in [0, 0.05) is 24.8 Å². The molecule has 0 unspecified atom stereocenters. The van der Waals surface area contributed by atoms with Crippen molar-refractivity contribution < 1.29 is 19.3 Å². The van der Waals surface area contributed by atoms with E-state index in [-0.39, 0.29) is 19.5 Å². The fraction of sp³-hybridized carbons (Fsp3) is 0.810. The van der Waals surface area contributed by atoms with Crippen LogP contribution in [0.4, 0.5) is 0 Å². The van der Waals surface area contributed by atoms with Crippen molar-refractivity contribution in [1.82, 2.24) is 9.55 Å². The zero-order valence-electron chi connectivity index (χ0n) is 18.0. The number of aliphatic hydroxyl groups excluding tert-OH is 1. The standard InChI is InChI=1S/C21H37N3O6/c1-16-13-24(21(27)23-20(16)26)19-12-17(18(14-25)30-19)29-15-28-11-9-7-5-3-2-4-6-8-10-22/h13,17-19,25H,2-12,14-15,22H2,1H3,(H,23,26,27)/t17-,18+,19+/m0/s1. The normalized spacial score (nSPS) is 21.4. The lowest BCUT2D eigenvalue weighted by Crippen LogP contribution is -2.33. The number of aryl methyl sites for hydroxylation is 1. The first-order valence-corrected chi connectivity index (χ1v) is 11.0. The van der Waals surface area contributed by atoms with Crippen LogP contribution in [0.1, 0.15) is 69.6 Å². The Hall–Kier alpha value is -1.52. The highest BCUT2D eigenvalue weighted by Gasteiger charge is 2.37. The first kappa shape index (κ1) is 24.7. The number of nitrogens with zero attached hydrogens (tertiary/aromatic N) is 1. The van der Waals surface area contributed by atoms with Crippen LogP contribution in [0.5, 0.6) is 0 Å². The first-order valence-electron chi connectivity index (χ1n) is 11.0. The minimum Gasteiger partial charge on any atom is -0.394 e. The van der Waals surface area contributed by atoms with Crippen LogP contribution in [0.15, 0.2) is 15.8 Å². The molecule has 2 heterocycles. The summed E-state index contributed by atoms with van der Waals surface area (Å²) in [7, 11) is 0. The topological polar surface area (TPSA) is 129 Å². The summed E-state index contributed by atoms with van der Waals surface area (Å²) in [5.41, 5.74) is 4.95. The van der Waals surface area contributed by atoms with Gasteiger partial charge >= 0.3 is 5.69 Å². The Balaban J connectivity index is 1.62. The molecule has 9 nitrogen and oxygen atoms in total. The molecular formula is C21H37N3O6. The fourth-order valence-electron chi connectivity index (χ4n) is 3.61. The van der Waals surface area contributed by atoms with Gasteiger partial charge in [0.15, 0.2) is 0 Å². The number of aromatic nitrogens is 2. The molecule has 3 atom stereocenters. The minimum absolute atomic E-state index is 0.121. The average molecular weight is 428 g/mol. The molecule has 0 radical (unpaired) electrons. The highest BCUT2D eigenvalue weighted by atomic mass is 16.7. The van der Waals surface area contributed by atoms with E-state index >= 15 is 0 Å². The van der Waals surface area contributed by atoms with Crippen LogP contribution in [0, 0.1) is 6.92 Å². The summed E-state index contributed by atoms with van der Waals surface area (Å²) in [5.74, 6) is 0. The van der Waals surface area contributed by atoms with E-state index in [2.05, 4.69) is 4.98 Å². The van der Waals surface area contributed by atoms with Gasteiger partial charge in [-0.2, -0.15) is 0 Å². The van der Waals surface area contributed by atoms with Crippen LogP contribution in [0.25, 0.3) is 0 Å². The molecule has 1 fully saturated rings. The molecule has 1 aliphatic heterocycles. The Labute approximate surface area is 177 Å². The summed E-state index contributed by atoms with van der Waals surface area (Å²) < 4.78 is 18.4. The van der Waals surface area contributed by atoms with Crippen molar-refractivity contribution in [3.8, 4) is 0 Å². The van der Waals surface area contributed by atoms with Gasteiger partial charge in [0.25, 0.3) is 5.56 Å². The molecule has 1 saturated heterocycles. The van der Waals surface area contributed by atoms with E-state index in [0.717, 1.165) is 25.8 Å². The van der Waals surface area contributed by atoms with E-state index in [1.54, 1.807) is 6.92 Å². The van der Waals surface area contributed by atoms with Gasteiger partial charge in [-0.05, 0) is 26.3 Å². The number of nitrogens with one attached hydrogen (secondary N) is 1. The molecule has 172 valence electrons. The predicted octanol–water partition coefficient (Wildman–Crippen LogP) is 1.56. The van der Waals surface area contributed by atoms with Gasteiger partial charge in [-0.3, -0.25) is 14.3 Å². The molecule has 4 N–H and O–H groups in total. The zero-order valence-corrected chi connectivity index (χ0v) is 18.0. The molecule has 2 rings (SSSR count). The third-order valence-corrected chi connectivity index (χ3v) is 5.42. The maximum atomic E-state index is 12.0. The summed E-state index contributed by atoms with van der Waals surface area (Å²) >= 11 is 0. The van der Waals surface area contributed by atoms with Gasteiger partial charge in [-0.1, -0.05) is 38.5 Å². The highest BCUT2D eigenvalue weighted by Crippen LogP contribution is 2.29. The first-order chi connectivity index (χ1) is 14.6. The Morgan fingerprint density at radius 1 is 1.17 bits per heavy atom. The molecule has 9 heteroatoms. The molecule has 0 amide bonds. The summed E-state index contributed by atoms with van der Waals surface area (Å²) in [6, 6.07) is 0. The average Bonchev–Trinajstić information content (AvgIpc) is 3.14. The minimum atomic E-state index is -0.597. The van der Waals surface area contributed by atoms with E-state index in [9.17, 15) is 14.7 Å². The number of rotatable bonds is 15. The van der Waals surface area contributed by atoms with Crippen LogP contribution < -0.4 is 17.0 Å². The molecule has 0 bridgehead atoms. The van der Waals surface area contributed by atoms with Crippen molar-refractivity contribution >= 4 is 0 Å². The zero-order chi connectivity index (χ0) is 21.8. The number of ether oxygens (including phenoxy) is 3. The maximum absolute atomic E-state index is 12.0. The van der Waals surface area contributed by atoms with Gasteiger partial charge in [-0.15, -0.1) is 0 Å². The van der Waals surface area contributed by atoms with Crippen molar-refractivity contribution in [2.75, 3.05) is 26.6 Å². The summed E-state index contributed by atoms with van der Waals surface area (Å²) in [4.78, 5) is 25.8. The van der Waals surface area contributed by atoms with Crippen LogP contribution in [0.3, 0.4) is 0 Å². The van der Waals surface area contributed by atoms with Crippen LogP contribution in [-0.2, 0) is 14.2 Å². The number of aromatic amines is 1. The van der Waals surface area contributed by atoms with Crippen molar-refractivity contribution in [3.05, 3.63) is 32.6 Å². The van der Waals surface area contributed by atoms with E-state index in [0.29, 0.717) is 18.6 Å². The second-order valence-electron chi connectivity index (χ2n) is 7.87. The maximum Gasteiger partial charge on any atom is 0.330 e. The summed E-state index contributed by atoms with van der Waals surface area (Å²) in [5, 5.41) is 9.56. The van der Waals surface area contributed by atoms with Crippen LogP contribution in [-0.4, -0.2) is 53.4 Å². The van der Waals surface area contributed by atoms with E-state index in [1.165, 1.54) is 42.9 Å². The molecule has 0 aromatic carbocycles. The lowest BCUT2D eigenvalue weighted by molar-refractivity contribution is -0.119. The van der Waals surface area contributed by atoms with Crippen molar-refractivity contribution in [1.29, 1.82) is 0 Å². The Morgan fingerprint density at radius 2 is 1.83 bits per heavy atom. The van der Waals surface area contributed by atoms with Gasteiger partial charge in [-0.25, -0.2) is 4.79 Å². The largest absolute Gasteiger partial charge is 0.394 e. The molecule has 0 aliphatic carbocycles. The molecule has 1 aliphatic rings. The number of nitrogens with two attached hydrogens (primary N) is 1. The predicted molar refractivity (Wildman–Crippen MR) is 113 cm³/mol. The number of H-pyrrole nitrogens is 1. The summed E-state index contributed by atoms with van der Waals surface area (Å²) in [6.07, 6.45) is 9.83. The Bertz CT molecular complexity index is 719. The molecular weight excluding hydrogens is 390 g/mol. The molecule has 0 spiro atoms. The van der Waals surface area contributed by atoms with Crippen molar-refractivity contribution in [2.24, 2.45) is 5.73 Å². The molecule has 30 heavy (non-hydrogen) atoms. The molecule has 1 aromatic rings. The lowest BCUT2D eigenvalue weighted by Gasteiger charge is -2.16. The Kier molecular flexibility index (Phi) is 11.3. The van der Waals surface area contributed by atoms with Gasteiger partial charge in [0.1, 0.15) is 19.1 Å². The van der Waals surface area contributed by atoms with Crippen molar-refractivity contribution in [2.45, 2.75) is 83.1 Å². The number of hydrogen-bond donors (Lipinski definition) is 3. The second-order valence-corrected chi connectivity index (χ2v) is 7.87. The van der Waals surface area contributed by atoms with E-state index < -0.39 is 23.6 Å². The van der Waals surface area contributed by atoms with Crippen LogP contribution >= 0.6 is 0 Å². The SMILES string of the molecule is Cc1cn([C@H]2C[C@H](OCOCCCCCCCCCCN)[C@@H](CO)O2)c(=O)[nH]c1=O. The van der Waals surface area contributed by atoms with Crippen LogP contribution in [0.2, 0.25) is 0 Å². The van der Waals surface area contributed by atoms with Gasteiger partial charge in [0.2, 0.25) is 0 Å². The quantitative estimate of drug-likeness (QED) is 0.286. The highest BCUT2D eigenvalue weighted by molar-refractivity contribution is 5.02. The summed E-state index contributed by atoms with van der Waals surface area (Å²) in [6.45, 7) is 2.94. The Morgan fingerprint density at radius 3 is 2.50 bits per heavy atom. The number of hydrogen-bond acceptors (Lipinski definition) is 7. The smallest absolute Gasteiger partial charge is 0.330 e. The third-order valence-electron chi connectivity index (χ3n) is 5.42. The van der Waals surface area contributed by atoms with Crippen molar-refractivity contribution in [3.63, 3.8) is 0 Å². The lowest BCUT2D eigenvalue weighted by atomic mass is 10.1. The molecule has 0 saturated carbocycles. The number of unbranched alkanes of at least 4 members (excludes halogenated alkanes) is 7. The van der Waals surface area contributed by atoms with Gasteiger partial charge < -0.3 is 25.1 Å². The van der Waals surface area contributed by atoms with Gasteiger partial charge in [0.05, 0.1) is 12.7 Å². The monoisotopic (exact) mass is 427 g/mol.